The van der Waals surface area contributed by atoms with Gasteiger partial charge in [-0.3, -0.25) is 14.9 Å². The van der Waals surface area contributed by atoms with Gasteiger partial charge in [-0.25, -0.2) is 4.79 Å². The maximum absolute atomic E-state index is 12.4. The smallest absolute Gasteiger partial charge is 0.331 e. The normalized spacial score (nSPS) is 12.8. The summed E-state index contributed by atoms with van der Waals surface area (Å²) >= 11 is 6.03. The standard InChI is InChI=1S/C17H14ClN3O6/c1-26-14-5-2-10(6-12(14)18)19-16(22)8-20-9-17(23)27-15-7-11(21(24)25)3-4-13(15)20/h2-7H,8-9H2,1H3,(H,19,22). The lowest BCUT2D eigenvalue weighted by Crippen LogP contribution is -2.41. The van der Waals surface area contributed by atoms with Crippen LogP contribution in [0, 0.1) is 10.1 Å². The van der Waals surface area contributed by atoms with Crippen molar-refractivity contribution in [3.63, 3.8) is 0 Å². The van der Waals surface area contributed by atoms with Crippen molar-refractivity contribution < 1.29 is 24.0 Å². The fourth-order valence-corrected chi connectivity index (χ4v) is 2.87. The van der Waals surface area contributed by atoms with Crippen LogP contribution in [-0.2, 0) is 9.59 Å². The highest BCUT2D eigenvalue weighted by Gasteiger charge is 2.27. The number of anilines is 2. The van der Waals surface area contributed by atoms with Crippen LogP contribution in [0.15, 0.2) is 36.4 Å². The number of nitro benzene ring substituents is 1. The fourth-order valence-electron chi connectivity index (χ4n) is 2.61. The predicted molar refractivity (Wildman–Crippen MR) is 97.6 cm³/mol. The Hall–Kier alpha value is -3.33. The third kappa shape index (κ3) is 4.09. The Morgan fingerprint density at radius 3 is 2.81 bits per heavy atom. The van der Waals surface area contributed by atoms with E-state index in [0.29, 0.717) is 22.1 Å². The molecule has 0 fully saturated rings. The van der Waals surface area contributed by atoms with Crippen molar-refractivity contribution in [2.24, 2.45) is 0 Å². The number of methoxy groups -OCH3 is 1. The number of benzene rings is 2. The fraction of sp³-hybridized carbons (Fsp3) is 0.176. The summed E-state index contributed by atoms with van der Waals surface area (Å²) in [6, 6.07) is 8.67. The molecule has 9 nitrogen and oxygen atoms in total. The molecule has 0 bridgehead atoms. The number of rotatable bonds is 5. The van der Waals surface area contributed by atoms with Crippen LogP contribution in [-0.4, -0.2) is 37.0 Å². The van der Waals surface area contributed by atoms with Gasteiger partial charge in [-0.15, -0.1) is 0 Å². The van der Waals surface area contributed by atoms with Crippen molar-refractivity contribution in [3.8, 4) is 11.5 Å². The van der Waals surface area contributed by atoms with Crippen LogP contribution >= 0.6 is 11.6 Å². The molecule has 0 aliphatic carbocycles. The number of hydrogen-bond acceptors (Lipinski definition) is 7. The van der Waals surface area contributed by atoms with Gasteiger partial charge >= 0.3 is 5.97 Å². The SMILES string of the molecule is COc1ccc(NC(=O)CN2CC(=O)Oc3cc([N+](=O)[O-])ccc32)cc1Cl. The highest BCUT2D eigenvalue weighted by atomic mass is 35.5. The van der Waals surface area contributed by atoms with Crippen LogP contribution in [0.5, 0.6) is 11.5 Å². The summed E-state index contributed by atoms with van der Waals surface area (Å²) in [6.07, 6.45) is 0. The van der Waals surface area contributed by atoms with Gasteiger partial charge in [0.05, 0.1) is 35.4 Å². The zero-order valence-corrected chi connectivity index (χ0v) is 14.9. The summed E-state index contributed by atoms with van der Waals surface area (Å²) < 4.78 is 10.1. The zero-order chi connectivity index (χ0) is 19.6. The van der Waals surface area contributed by atoms with Crippen molar-refractivity contribution in [2.45, 2.75) is 0 Å². The minimum Gasteiger partial charge on any atom is -0.495 e. The number of halogens is 1. The van der Waals surface area contributed by atoms with E-state index in [1.165, 1.54) is 24.1 Å². The number of ether oxygens (including phenoxy) is 2. The molecule has 0 saturated carbocycles. The van der Waals surface area contributed by atoms with Crippen molar-refractivity contribution in [2.75, 3.05) is 30.4 Å². The number of nitro groups is 1. The molecule has 0 aromatic heterocycles. The Labute approximate surface area is 158 Å². The van der Waals surface area contributed by atoms with Gasteiger partial charge in [0.25, 0.3) is 5.69 Å². The van der Waals surface area contributed by atoms with E-state index in [1.54, 1.807) is 18.2 Å². The van der Waals surface area contributed by atoms with Gasteiger partial charge in [-0.05, 0) is 24.3 Å². The van der Waals surface area contributed by atoms with Gasteiger partial charge < -0.3 is 19.7 Å². The van der Waals surface area contributed by atoms with Crippen LogP contribution < -0.4 is 19.7 Å². The monoisotopic (exact) mass is 391 g/mol. The first kappa shape index (κ1) is 18.5. The van der Waals surface area contributed by atoms with Crippen LogP contribution in [0.25, 0.3) is 0 Å². The topological polar surface area (TPSA) is 111 Å². The van der Waals surface area contributed by atoms with Crippen LogP contribution in [0.3, 0.4) is 0 Å². The van der Waals surface area contributed by atoms with E-state index in [-0.39, 0.29) is 24.5 Å². The number of non-ortho nitro benzene ring substituents is 1. The zero-order valence-electron chi connectivity index (χ0n) is 14.1. The first-order valence-corrected chi connectivity index (χ1v) is 8.12. The van der Waals surface area contributed by atoms with E-state index < -0.39 is 16.8 Å². The largest absolute Gasteiger partial charge is 0.495 e. The molecule has 1 aliphatic rings. The molecule has 10 heteroatoms. The van der Waals surface area contributed by atoms with Gasteiger partial charge in [0, 0.05) is 11.8 Å². The summed E-state index contributed by atoms with van der Waals surface area (Å²) in [4.78, 5) is 35.9. The lowest BCUT2D eigenvalue weighted by atomic mass is 10.2. The quantitative estimate of drug-likeness (QED) is 0.361. The minimum absolute atomic E-state index is 0.0424. The molecule has 27 heavy (non-hydrogen) atoms. The van der Waals surface area contributed by atoms with E-state index >= 15 is 0 Å². The first-order valence-electron chi connectivity index (χ1n) is 7.75. The summed E-state index contributed by atoms with van der Waals surface area (Å²) in [5, 5.41) is 13.9. The summed E-state index contributed by atoms with van der Waals surface area (Å²) in [5.41, 5.74) is 0.679. The molecule has 1 N–H and O–H groups in total. The predicted octanol–water partition coefficient (Wildman–Crippen LogP) is 2.62. The number of amides is 1. The molecule has 0 atom stereocenters. The van der Waals surface area contributed by atoms with Crippen LogP contribution in [0.4, 0.5) is 17.1 Å². The van der Waals surface area contributed by atoms with Crippen molar-refractivity contribution in [1.29, 1.82) is 0 Å². The number of nitrogens with one attached hydrogen (secondary N) is 1. The molecule has 1 amide bonds. The van der Waals surface area contributed by atoms with Gasteiger partial charge in [0.15, 0.2) is 5.75 Å². The van der Waals surface area contributed by atoms with Gasteiger partial charge in [0.2, 0.25) is 5.91 Å². The highest BCUT2D eigenvalue weighted by Crippen LogP contribution is 2.35. The average Bonchev–Trinajstić information content (AvgIpc) is 2.61. The molecule has 0 spiro atoms. The van der Waals surface area contributed by atoms with Gasteiger partial charge in [0.1, 0.15) is 12.3 Å². The van der Waals surface area contributed by atoms with E-state index in [9.17, 15) is 19.7 Å². The number of carbonyl (C=O) groups is 2. The van der Waals surface area contributed by atoms with Gasteiger partial charge in [-0.2, -0.15) is 0 Å². The highest BCUT2D eigenvalue weighted by molar-refractivity contribution is 6.32. The Balaban J connectivity index is 1.76. The molecular formula is C17H14ClN3O6. The third-order valence-corrected chi connectivity index (χ3v) is 4.10. The van der Waals surface area contributed by atoms with E-state index in [4.69, 9.17) is 21.1 Å². The average molecular weight is 392 g/mol. The van der Waals surface area contributed by atoms with E-state index in [1.807, 2.05) is 0 Å². The summed E-state index contributed by atoms with van der Waals surface area (Å²) in [6.45, 7) is -0.300. The summed E-state index contributed by atoms with van der Waals surface area (Å²) in [5.74, 6) is -0.483. The van der Waals surface area contributed by atoms with Crippen molar-refractivity contribution in [3.05, 3.63) is 51.5 Å². The Morgan fingerprint density at radius 1 is 1.37 bits per heavy atom. The number of fused-ring (bicyclic) bond motifs is 1. The lowest BCUT2D eigenvalue weighted by Gasteiger charge is -2.29. The molecule has 2 aromatic carbocycles. The Bertz CT molecular complexity index is 933. The molecule has 0 radical (unpaired) electrons. The molecule has 0 saturated heterocycles. The third-order valence-electron chi connectivity index (χ3n) is 3.81. The molecule has 1 aliphatic heterocycles. The van der Waals surface area contributed by atoms with Crippen molar-refractivity contribution >= 4 is 40.5 Å². The molecular weight excluding hydrogens is 378 g/mol. The molecule has 3 rings (SSSR count). The molecule has 140 valence electrons. The second-order valence-corrected chi connectivity index (χ2v) is 6.04. The first-order chi connectivity index (χ1) is 12.9. The molecule has 1 heterocycles. The molecule has 0 unspecified atom stereocenters. The number of hydrogen-bond donors (Lipinski definition) is 1. The lowest BCUT2D eigenvalue weighted by molar-refractivity contribution is -0.384. The van der Waals surface area contributed by atoms with Gasteiger partial charge in [-0.1, -0.05) is 11.6 Å². The van der Waals surface area contributed by atoms with Crippen LogP contribution in [0.2, 0.25) is 5.02 Å². The Kier molecular flexibility index (Phi) is 5.13. The minimum atomic E-state index is -0.608. The van der Waals surface area contributed by atoms with E-state index in [0.717, 1.165) is 6.07 Å². The van der Waals surface area contributed by atoms with E-state index in [2.05, 4.69) is 5.32 Å². The summed E-state index contributed by atoms with van der Waals surface area (Å²) in [7, 11) is 1.48. The van der Waals surface area contributed by atoms with Crippen LogP contribution in [0.1, 0.15) is 0 Å². The molecule has 2 aromatic rings. The number of nitrogens with zero attached hydrogens (tertiary/aromatic N) is 2. The number of carbonyl (C=O) groups excluding carboxylic acids is 2. The Morgan fingerprint density at radius 2 is 2.15 bits per heavy atom. The van der Waals surface area contributed by atoms with Crippen molar-refractivity contribution in [1.82, 2.24) is 0 Å². The maximum atomic E-state index is 12.4. The number of esters is 1. The maximum Gasteiger partial charge on any atom is 0.331 e. The second-order valence-electron chi connectivity index (χ2n) is 5.64. The second kappa shape index (κ2) is 7.50.